The molecule has 0 radical (unpaired) electrons. The third-order valence-electron chi connectivity index (χ3n) is 3.56. The molecule has 0 saturated carbocycles. The summed E-state index contributed by atoms with van der Waals surface area (Å²) in [5.41, 5.74) is 8.63. The summed E-state index contributed by atoms with van der Waals surface area (Å²) in [6, 6.07) is 10.0. The van der Waals surface area contributed by atoms with E-state index in [-0.39, 0.29) is 11.8 Å². The predicted octanol–water partition coefficient (Wildman–Crippen LogP) is 3.04. The molecular formula is C18H19N3O2. The number of nitrogens with two attached hydrogens (primary N) is 1. The highest BCUT2D eigenvalue weighted by molar-refractivity contribution is 5.92. The van der Waals surface area contributed by atoms with Gasteiger partial charge in [-0.15, -0.1) is 0 Å². The number of H-pyrrole nitrogens is 1. The second-order valence-corrected chi connectivity index (χ2v) is 5.79. The van der Waals surface area contributed by atoms with Crippen LogP contribution in [-0.2, 0) is 6.42 Å². The van der Waals surface area contributed by atoms with E-state index < -0.39 is 5.91 Å². The second-order valence-electron chi connectivity index (χ2n) is 5.79. The van der Waals surface area contributed by atoms with Crippen molar-refractivity contribution in [3.63, 3.8) is 0 Å². The zero-order valence-corrected chi connectivity index (χ0v) is 13.2. The van der Waals surface area contributed by atoms with Gasteiger partial charge in [0.05, 0.1) is 12.3 Å². The monoisotopic (exact) mass is 309 g/mol. The summed E-state index contributed by atoms with van der Waals surface area (Å²) < 4.78 is 5.66. The number of hydrogen-bond donors (Lipinski definition) is 2. The lowest BCUT2D eigenvalue weighted by atomic mass is 10.0. The first-order valence-electron chi connectivity index (χ1n) is 7.54. The van der Waals surface area contributed by atoms with Crippen LogP contribution in [0.1, 0.15) is 35.5 Å². The van der Waals surface area contributed by atoms with Gasteiger partial charge in [0.1, 0.15) is 11.4 Å². The minimum Gasteiger partial charge on any atom is -0.489 e. The Balaban J connectivity index is 1.96. The Morgan fingerprint density at radius 1 is 1.30 bits per heavy atom. The molecule has 0 atom stereocenters. The maximum atomic E-state index is 11.6. The van der Waals surface area contributed by atoms with E-state index in [1.807, 2.05) is 44.3 Å². The summed E-state index contributed by atoms with van der Waals surface area (Å²) in [6.45, 7) is 3.89. The van der Waals surface area contributed by atoms with Crippen LogP contribution in [0.2, 0.25) is 0 Å². The van der Waals surface area contributed by atoms with Crippen molar-refractivity contribution in [2.24, 2.45) is 5.73 Å². The minimum atomic E-state index is -0.531. The van der Waals surface area contributed by atoms with Crippen LogP contribution in [0.4, 0.5) is 0 Å². The molecule has 0 fully saturated rings. The van der Waals surface area contributed by atoms with Crippen LogP contribution in [-0.4, -0.2) is 22.0 Å². The highest BCUT2D eigenvalue weighted by atomic mass is 16.5. The molecule has 0 aliphatic carbocycles. The van der Waals surface area contributed by atoms with Crippen molar-refractivity contribution in [1.29, 1.82) is 0 Å². The number of aromatic amines is 1. The van der Waals surface area contributed by atoms with Gasteiger partial charge in [-0.2, -0.15) is 0 Å². The number of primary amides is 1. The van der Waals surface area contributed by atoms with Gasteiger partial charge in [0.2, 0.25) is 0 Å². The number of hydrogen-bond acceptors (Lipinski definition) is 3. The number of fused-ring (bicyclic) bond motifs is 1. The van der Waals surface area contributed by atoms with Gasteiger partial charge in [0.25, 0.3) is 5.91 Å². The highest BCUT2D eigenvalue weighted by Gasteiger charge is 2.13. The fraction of sp³-hybridized carbons (Fsp3) is 0.222. The van der Waals surface area contributed by atoms with Gasteiger partial charge in [-0.1, -0.05) is 12.1 Å². The van der Waals surface area contributed by atoms with Gasteiger partial charge in [0.15, 0.2) is 0 Å². The third kappa shape index (κ3) is 3.34. The van der Waals surface area contributed by atoms with Crippen molar-refractivity contribution < 1.29 is 9.53 Å². The van der Waals surface area contributed by atoms with Crippen LogP contribution in [0, 0.1) is 0 Å². The smallest absolute Gasteiger partial charge is 0.267 e. The average molecular weight is 309 g/mol. The van der Waals surface area contributed by atoms with Gasteiger partial charge in [-0.25, -0.2) is 4.98 Å². The number of nitrogens with one attached hydrogen (secondary N) is 1. The molecule has 0 aliphatic rings. The van der Waals surface area contributed by atoms with E-state index in [4.69, 9.17) is 10.5 Å². The predicted molar refractivity (Wildman–Crippen MR) is 89.6 cm³/mol. The van der Waals surface area contributed by atoms with Crippen LogP contribution in [0.3, 0.4) is 0 Å². The molecule has 23 heavy (non-hydrogen) atoms. The van der Waals surface area contributed by atoms with Crippen molar-refractivity contribution in [3.05, 3.63) is 59.5 Å². The Morgan fingerprint density at radius 3 is 2.87 bits per heavy atom. The van der Waals surface area contributed by atoms with Crippen molar-refractivity contribution >= 4 is 16.8 Å². The fourth-order valence-corrected chi connectivity index (χ4v) is 2.61. The number of amides is 1. The Morgan fingerprint density at radius 2 is 2.13 bits per heavy atom. The Bertz CT molecular complexity index is 852. The standard InChI is InChI=1S/C18H19N3O2/c1-11(2)23-15-9-14(17(18(19)22)21-10-15)7-12-3-4-13-5-6-20-16(13)8-12/h3-6,8-11,20H,7H2,1-2H3,(H2,19,22). The second kappa shape index (κ2) is 6.12. The van der Waals surface area contributed by atoms with Crippen LogP contribution < -0.4 is 10.5 Å². The molecular weight excluding hydrogens is 290 g/mol. The van der Waals surface area contributed by atoms with Gasteiger partial charge in [0, 0.05) is 11.7 Å². The summed E-state index contributed by atoms with van der Waals surface area (Å²) >= 11 is 0. The molecule has 3 aromatic rings. The molecule has 3 rings (SSSR count). The topological polar surface area (TPSA) is 81.0 Å². The molecule has 0 saturated heterocycles. The van der Waals surface area contributed by atoms with Crippen molar-refractivity contribution in [2.75, 3.05) is 0 Å². The van der Waals surface area contributed by atoms with Gasteiger partial charge < -0.3 is 15.5 Å². The van der Waals surface area contributed by atoms with Gasteiger partial charge in [-0.3, -0.25) is 4.79 Å². The molecule has 2 heterocycles. The minimum absolute atomic E-state index is 0.0411. The first-order chi connectivity index (χ1) is 11.0. The van der Waals surface area contributed by atoms with E-state index in [2.05, 4.69) is 16.0 Å². The highest BCUT2D eigenvalue weighted by Crippen LogP contribution is 2.22. The van der Waals surface area contributed by atoms with Crippen molar-refractivity contribution in [1.82, 2.24) is 9.97 Å². The zero-order valence-electron chi connectivity index (χ0n) is 13.2. The normalized spacial score (nSPS) is 11.1. The quantitative estimate of drug-likeness (QED) is 0.760. The van der Waals surface area contributed by atoms with Crippen LogP contribution in [0.5, 0.6) is 5.75 Å². The SMILES string of the molecule is CC(C)Oc1cnc(C(N)=O)c(Cc2ccc3cc[nH]c3c2)c1. The summed E-state index contributed by atoms with van der Waals surface area (Å²) in [5, 5.41) is 1.15. The Labute approximate surface area is 134 Å². The molecule has 118 valence electrons. The molecule has 1 aromatic carbocycles. The average Bonchev–Trinajstić information content (AvgIpc) is 2.94. The summed E-state index contributed by atoms with van der Waals surface area (Å²) in [7, 11) is 0. The molecule has 0 bridgehead atoms. The Kier molecular flexibility index (Phi) is 4.02. The number of rotatable bonds is 5. The van der Waals surface area contributed by atoms with Crippen molar-refractivity contribution in [3.8, 4) is 5.75 Å². The number of nitrogens with zero attached hydrogens (tertiary/aromatic N) is 1. The molecule has 5 heteroatoms. The van der Waals surface area contributed by atoms with E-state index in [9.17, 15) is 4.79 Å². The third-order valence-corrected chi connectivity index (χ3v) is 3.56. The number of ether oxygens (including phenoxy) is 1. The largest absolute Gasteiger partial charge is 0.489 e. The number of carbonyl (C=O) groups excluding carboxylic acids is 1. The van der Waals surface area contributed by atoms with Gasteiger partial charge >= 0.3 is 0 Å². The molecule has 0 unspecified atom stereocenters. The van der Waals surface area contributed by atoms with Gasteiger partial charge in [-0.05, 0) is 55.0 Å². The fourth-order valence-electron chi connectivity index (χ4n) is 2.61. The number of carbonyl (C=O) groups is 1. The molecule has 3 N–H and O–H groups in total. The molecule has 5 nitrogen and oxygen atoms in total. The van der Waals surface area contributed by atoms with E-state index in [1.54, 1.807) is 0 Å². The maximum absolute atomic E-state index is 11.6. The molecule has 0 spiro atoms. The number of aromatic nitrogens is 2. The molecule has 2 aromatic heterocycles. The molecule has 0 aliphatic heterocycles. The van der Waals surface area contributed by atoms with Crippen LogP contribution >= 0.6 is 0 Å². The summed E-state index contributed by atoms with van der Waals surface area (Å²) in [6.07, 6.45) is 4.05. The first kappa shape index (κ1) is 15.1. The van der Waals surface area contributed by atoms with Crippen LogP contribution in [0.25, 0.3) is 10.9 Å². The lowest BCUT2D eigenvalue weighted by Gasteiger charge is -2.12. The number of pyridine rings is 1. The number of benzene rings is 1. The van der Waals surface area contributed by atoms with Crippen molar-refractivity contribution in [2.45, 2.75) is 26.4 Å². The Hall–Kier alpha value is -2.82. The summed E-state index contributed by atoms with van der Waals surface area (Å²) in [5.74, 6) is 0.109. The lowest BCUT2D eigenvalue weighted by molar-refractivity contribution is 0.0994. The zero-order chi connectivity index (χ0) is 16.4. The first-order valence-corrected chi connectivity index (χ1v) is 7.54. The maximum Gasteiger partial charge on any atom is 0.267 e. The van der Waals surface area contributed by atoms with E-state index in [1.165, 1.54) is 6.20 Å². The van der Waals surface area contributed by atoms with Crippen LogP contribution in [0.15, 0.2) is 42.7 Å². The molecule has 1 amide bonds. The lowest BCUT2D eigenvalue weighted by Crippen LogP contribution is -2.17. The van der Waals surface area contributed by atoms with E-state index >= 15 is 0 Å². The summed E-state index contributed by atoms with van der Waals surface area (Å²) in [4.78, 5) is 19.0. The van der Waals surface area contributed by atoms with E-state index in [0.717, 1.165) is 22.0 Å². The van der Waals surface area contributed by atoms with E-state index in [0.29, 0.717) is 12.2 Å².